The SMILES string of the molecule is COB=NCC(C)C(=O)O. The first-order chi connectivity index (χ1) is 4.68. The maximum atomic E-state index is 10.2. The van der Waals surface area contributed by atoms with Crippen LogP contribution >= 0.6 is 0 Å². The second-order valence-corrected chi connectivity index (χ2v) is 1.95. The van der Waals surface area contributed by atoms with Crippen LogP contribution in [0.15, 0.2) is 4.90 Å². The van der Waals surface area contributed by atoms with E-state index in [0.717, 1.165) is 0 Å². The van der Waals surface area contributed by atoms with Crippen molar-refractivity contribution in [1.82, 2.24) is 0 Å². The Bertz CT molecular complexity index is 137. The molecule has 0 amide bonds. The van der Waals surface area contributed by atoms with E-state index in [4.69, 9.17) is 5.11 Å². The van der Waals surface area contributed by atoms with Crippen LogP contribution in [-0.2, 0) is 9.45 Å². The Labute approximate surface area is 60.2 Å². The molecule has 0 saturated carbocycles. The summed E-state index contributed by atoms with van der Waals surface area (Å²) < 4.78 is 4.49. The van der Waals surface area contributed by atoms with Gasteiger partial charge in [0.05, 0.1) is 0 Å². The number of nitrogens with zero attached hydrogens (tertiary/aromatic N) is 1. The summed E-state index contributed by atoms with van der Waals surface area (Å²) in [5, 5.41) is 8.37. The van der Waals surface area contributed by atoms with Gasteiger partial charge in [0.25, 0.3) is 0 Å². The average molecular weight is 143 g/mol. The van der Waals surface area contributed by atoms with Gasteiger partial charge in [-0.05, 0) is 0 Å². The van der Waals surface area contributed by atoms with E-state index in [1.807, 2.05) is 0 Å². The van der Waals surface area contributed by atoms with Gasteiger partial charge in [-0.1, -0.05) is 0 Å². The topological polar surface area (TPSA) is 58.9 Å². The fourth-order valence-electron chi connectivity index (χ4n) is 0.354. The number of hydrogen-bond acceptors (Lipinski definition) is 3. The second-order valence-electron chi connectivity index (χ2n) is 1.95. The molecule has 0 heterocycles. The molecule has 0 fully saturated rings. The van der Waals surface area contributed by atoms with Gasteiger partial charge in [0.2, 0.25) is 0 Å². The van der Waals surface area contributed by atoms with E-state index in [1.54, 1.807) is 6.92 Å². The number of carboxylic acid groups (broad SMARTS) is 1. The molecular weight excluding hydrogens is 133 g/mol. The molecule has 0 bridgehead atoms. The molecule has 0 saturated heterocycles. The molecule has 0 aromatic rings. The zero-order chi connectivity index (χ0) is 7.98. The van der Waals surface area contributed by atoms with Gasteiger partial charge < -0.3 is 0 Å². The summed E-state index contributed by atoms with van der Waals surface area (Å²) in [5.74, 6) is -1.28. The Balaban J connectivity index is 3.48. The van der Waals surface area contributed by atoms with E-state index >= 15 is 0 Å². The first-order valence-corrected chi connectivity index (χ1v) is 2.92. The summed E-state index contributed by atoms with van der Waals surface area (Å²) in [7, 11) is 2.70. The van der Waals surface area contributed by atoms with Crippen LogP contribution in [0.2, 0.25) is 0 Å². The zero-order valence-corrected chi connectivity index (χ0v) is 6.07. The van der Waals surface area contributed by atoms with Gasteiger partial charge in [0.1, 0.15) is 0 Å². The minimum atomic E-state index is -0.840. The standard InChI is InChI=1S/C5H10BNO3/c1-4(5(8)9)3-7-6-10-2/h4H,3H2,1-2H3,(H,8,9). The number of carboxylic acids is 1. The molecule has 0 rings (SSSR count). The van der Waals surface area contributed by atoms with Crippen molar-refractivity contribution in [2.45, 2.75) is 6.92 Å². The molecule has 4 nitrogen and oxygen atoms in total. The molecule has 0 aliphatic carbocycles. The van der Waals surface area contributed by atoms with Gasteiger partial charge in [-0.15, -0.1) is 0 Å². The van der Waals surface area contributed by atoms with Crippen LogP contribution in [0, 0.1) is 5.92 Å². The first-order valence-electron chi connectivity index (χ1n) is 2.92. The van der Waals surface area contributed by atoms with Gasteiger partial charge in [-0.2, -0.15) is 0 Å². The van der Waals surface area contributed by atoms with Gasteiger partial charge in [0, 0.05) is 0 Å². The predicted octanol–water partition coefficient (Wildman–Crippen LogP) is 0.156. The van der Waals surface area contributed by atoms with Crippen molar-refractivity contribution in [2.24, 2.45) is 10.8 Å². The van der Waals surface area contributed by atoms with E-state index in [1.165, 1.54) is 14.4 Å². The van der Waals surface area contributed by atoms with E-state index in [2.05, 4.69) is 9.55 Å². The van der Waals surface area contributed by atoms with Crippen molar-refractivity contribution in [3.8, 4) is 0 Å². The molecule has 1 N–H and O–H groups in total. The molecule has 0 radical (unpaired) electrons. The number of carbonyl (C=O) groups is 1. The van der Waals surface area contributed by atoms with Gasteiger partial charge >= 0.3 is 59.2 Å². The molecule has 0 aliphatic heterocycles. The van der Waals surface area contributed by atoms with Crippen molar-refractivity contribution < 1.29 is 14.6 Å². The van der Waals surface area contributed by atoms with E-state index in [0.29, 0.717) is 0 Å². The average Bonchev–Trinajstić information content (AvgIpc) is 1.88. The summed E-state index contributed by atoms with van der Waals surface area (Å²) in [6.45, 7) is 1.86. The molecule has 0 spiro atoms. The fraction of sp³-hybridized carbons (Fsp3) is 0.800. The van der Waals surface area contributed by atoms with Crippen molar-refractivity contribution in [1.29, 1.82) is 0 Å². The number of aliphatic carboxylic acids is 1. The van der Waals surface area contributed by atoms with Crippen molar-refractivity contribution >= 4 is 13.2 Å². The summed E-state index contributed by atoms with van der Waals surface area (Å²) in [6, 6.07) is 0. The van der Waals surface area contributed by atoms with E-state index < -0.39 is 11.9 Å². The zero-order valence-electron chi connectivity index (χ0n) is 6.07. The summed E-state index contributed by atoms with van der Waals surface area (Å²) in [6.07, 6.45) is 0. The molecular formula is C5H10BNO3. The van der Waals surface area contributed by atoms with Crippen molar-refractivity contribution in [3.05, 3.63) is 0 Å². The second kappa shape index (κ2) is 4.96. The van der Waals surface area contributed by atoms with Crippen molar-refractivity contribution in [3.63, 3.8) is 0 Å². The molecule has 0 aliphatic rings. The van der Waals surface area contributed by atoms with Crippen LogP contribution in [0.25, 0.3) is 0 Å². The van der Waals surface area contributed by atoms with Crippen LogP contribution in [-0.4, -0.2) is 32.0 Å². The van der Waals surface area contributed by atoms with Gasteiger partial charge in [0.15, 0.2) is 0 Å². The Morgan fingerprint density at radius 3 is 2.90 bits per heavy atom. The third-order valence-electron chi connectivity index (χ3n) is 0.981. The van der Waals surface area contributed by atoms with Crippen LogP contribution < -0.4 is 0 Å². The number of hydrogen-bond donors (Lipinski definition) is 1. The quantitative estimate of drug-likeness (QED) is 0.570. The molecule has 1 unspecified atom stereocenters. The molecule has 56 valence electrons. The molecule has 5 heteroatoms. The van der Waals surface area contributed by atoms with Gasteiger partial charge in [-0.3, -0.25) is 0 Å². The molecule has 1 atom stereocenters. The third kappa shape index (κ3) is 4.06. The molecule has 0 aromatic heterocycles. The predicted molar refractivity (Wildman–Crippen MR) is 36.9 cm³/mol. The van der Waals surface area contributed by atoms with Crippen LogP contribution in [0.5, 0.6) is 0 Å². The van der Waals surface area contributed by atoms with E-state index in [-0.39, 0.29) is 6.54 Å². The Kier molecular flexibility index (Phi) is 4.53. The third-order valence-corrected chi connectivity index (χ3v) is 0.981. The van der Waals surface area contributed by atoms with Crippen molar-refractivity contribution in [2.75, 3.05) is 13.7 Å². The maximum absolute atomic E-state index is 10.2. The Morgan fingerprint density at radius 2 is 2.50 bits per heavy atom. The number of rotatable bonds is 4. The molecule has 0 aromatic carbocycles. The monoisotopic (exact) mass is 143 g/mol. The minimum absolute atomic E-state index is 0.267. The van der Waals surface area contributed by atoms with Gasteiger partial charge in [-0.25, -0.2) is 0 Å². The summed E-state index contributed by atoms with van der Waals surface area (Å²) >= 11 is 0. The fourth-order valence-corrected chi connectivity index (χ4v) is 0.354. The summed E-state index contributed by atoms with van der Waals surface area (Å²) in [4.78, 5) is 13.9. The van der Waals surface area contributed by atoms with Crippen LogP contribution in [0.1, 0.15) is 6.92 Å². The Hall–Kier alpha value is -0.865. The normalized spacial score (nSPS) is 12.6. The first kappa shape index (κ1) is 9.13. The molecule has 10 heavy (non-hydrogen) atoms. The van der Waals surface area contributed by atoms with Crippen LogP contribution in [0.4, 0.5) is 0 Å². The summed E-state index contributed by atoms with van der Waals surface area (Å²) in [5.41, 5.74) is 0. The van der Waals surface area contributed by atoms with Crippen LogP contribution in [0.3, 0.4) is 0 Å². The Morgan fingerprint density at radius 1 is 1.90 bits per heavy atom. The van der Waals surface area contributed by atoms with E-state index in [9.17, 15) is 4.79 Å².